The SMILES string of the molecule is Cc1cc([C@H](Nc2nsnc2Nc2cccc(C(=O)N(C)C)c2O)C(C)(C)C)oc1C. The van der Waals surface area contributed by atoms with E-state index in [1.807, 2.05) is 19.9 Å². The molecule has 0 saturated heterocycles. The van der Waals surface area contributed by atoms with Gasteiger partial charge in [-0.15, -0.1) is 0 Å². The molecule has 2 aromatic heterocycles. The maximum atomic E-state index is 12.3. The lowest BCUT2D eigenvalue weighted by Gasteiger charge is -2.30. The van der Waals surface area contributed by atoms with Crippen molar-refractivity contribution in [1.29, 1.82) is 0 Å². The fourth-order valence-corrected chi connectivity index (χ4v) is 3.62. The average molecular weight is 444 g/mol. The summed E-state index contributed by atoms with van der Waals surface area (Å²) in [5.74, 6) is 2.29. The van der Waals surface area contributed by atoms with Crippen LogP contribution in [0.15, 0.2) is 28.7 Å². The lowest BCUT2D eigenvalue weighted by Crippen LogP contribution is -2.26. The summed E-state index contributed by atoms with van der Waals surface area (Å²) >= 11 is 1.05. The fourth-order valence-electron chi connectivity index (χ4n) is 3.15. The van der Waals surface area contributed by atoms with Gasteiger partial charge >= 0.3 is 0 Å². The average Bonchev–Trinajstić information content (AvgIpc) is 3.25. The number of phenols is 1. The van der Waals surface area contributed by atoms with Gasteiger partial charge in [0, 0.05) is 14.1 Å². The maximum absolute atomic E-state index is 12.3. The van der Waals surface area contributed by atoms with Crippen LogP contribution in [0.2, 0.25) is 0 Å². The van der Waals surface area contributed by atoms with Crippen molar-refractivity contribution in [2.24, 2.45) is 5.41 Å². The fraction of sp³-hybridized carbons (Fsp3) is 0.409. The lowest BCUT2D eigenvalue weighted by atomic mass is 9.85. The molecule has 1 aromatic carbocycles. The van der Waals surface area contributed by atoms with Crippen LogP contribution in [0.4, 0.5) is 17.3 Å². The number of hydrogen-bond donors (Lipinski definition) is 3. The number of benzene rings is 1. The zero-order chi connectivity index (χ0) is 22.9. The molecule has 1 amide bonds. The van der Waals surface area contributed by atoms with Crippen LogP contribution in [0.3, 0.4) is 0 Å². The molecule has 3 aromatic rings. The van der Waals surface area contributed by atoms with E-state index in [2.05, 4.69) is 40.2 Å². The van der Waals surface area contributed by atoms with Crippen molar-refractivity contribution in [3.8, 4) is 5.75 Å². The van der Waals surface area contributed by atoms with Crippen molar-refractivity contribution in [2.75, 3.05) is 24.7 Å². The quantitative estimate of drug-likeness (QED) is 0.455. The largest absolute Gasteiger partial charge is 0.505 e. The van der Waals surface area contributed by atoms with Crippen LogP contribution in [-0.4, -0.2) is 38.8 Å². The first-order valence-electron chi connectivity index (χ1n) is 9.95. The molecule has 3 N–H and O–H groups in total. The molecule has 0 fully saturated rings. The van der Waals surface area contributed by atoms with E-state index in [-0.39, 0.29) is 28.7 Å². The molecule has 3 rings (SSSR count). The number of furan rings is 1. The number of amides is 1. The number of rotatable bonds is 6. The molecule has 0 aliphatic heterocycles. The Morgan fingerprint density at radius 2 is 1.87 bits per heavy atom. The van der Waals surface area contributed by atoms with Crippen LogP contribution in [0.1, 0.15) is 54.3 Å². The summed E-state index contributed by atoms with van der Waals surface area (Å²) in [6.45, 7) is 10.3. The van der Waals surface area contributed by atoms with E-state index in [0.29, 0.717) is 17.3 Å². The smallest absolute Gasteiger partial charge is 0.257 e. The van der Waals surface area contributed by atoms with Crippen LogP contribution in [0.5, 0.6) is 5.75 Å². The molecule has 1 atom stereocenters. The van der Waals surface area contributed by atoms with Gasteiger partial charge in [0.25, 0.3) is 5.91 Å². The monoisotopic (exact) mass is 443 g/mol. The molecular formula is C22H29N5O3S. The van der Waals surface area contributed by atoms with Gasteiger partial charge in [-0.2, -0.15) is 8.75 Å². The van der Waals surface area contributed by atoms with E-state index >= 15 is 0 Å². The number of hydrogen-bond acceptors (Lipinski definition) is 8. The van der Waals surface area contributed by atoms with Gasteiger partial charge in [0.2, 0.25) is 0 Å². The standard InChI is InChI=1S/C22H29N5O3S/c1-12-11-16(30-13(12)2)18(22(3,4)5)24-20-19(25-31-26-20)23-15-10-8-9-14(17(15)28)21(29)27(6)7/h8-11,18,28H,1-7H3,(H,23,25)(H,24,26)/t18-/m0/s1. The first kappa shape index (κ1) is 22.6. The Labute approximate surface area is 186 Å². The van der Waals surface area contributed by atoms with Crippen LogP contribution in [0, 0.1) is 19.3 Å². The Morgan fingerprint density at radius 1 is 1.19 bits per heavy atom. The minimum absolute atomic E-state index is 0.134. The third-order valence-electron chi connectivity index (χ3n) is 5.03. The molecule has 0 spiro atoms. The van der Waals surface area contributed by atoms with Crippen molar-refractivity contribution in [3.63, 3.8) is 0 Å². The summed E-state index contributed by atoms with van der Waals surface area (Å²) in [6, 6.07) is 6.86. The number of para-hydroxylation sites is 1. The van der Waals surface area contributed by atoms with Crippen molar-refractivity contribution < 1.29 is 14.3 Å². The second-order valence-electron chi connectivity index (χ2n) is 8.82. The highest BCUT2D eigenvalue weighted by Gasteiger charge is 2.31. The summed E-state index contributed by atoms with van der Waals surface area (Å²) in [4.78, 5) is 13.7. The molecule has 0 radical (unpaired) electrons. The topological polar surface area (TPSA) is 104 Å². The zero-order valence-electron chi connectivity index (χ0n) is 18.9. The Hall–Kier alpha value is -3.07. The molecule has 0 aliphatic carbocycles. The zero-order valence-corrected chi connectivity index (χ0v) is 19.7. The van der Waals surface area contributed by atoms with Crippen LogP contribution < -0.4 is 10.6 Å². The molecule has 2 heterocycles. The summed E-state index contributed by atoms with van der Waals surface area (Å²) in [5.41, 5.74) is 1.51. The number of aryl methyl sites for hydroxylation is 2. The third kappa shape index (κ3) is 4.82. The van der Waals surface area contributed by atoms with Gasteiger partial charge in [-0.3, -0.25) is 4.79 Å². The van der Waals surface area contributed by atoms with E-state index in [1.165, 1.54) is 4.90 Å². The number of aromatic hydroxyl groups is 1. The van der Waals surface area contributed by atoms with Crippen LogP contribution in [0.25, 0.3) is 0 Å². The second-order valence-corrected chi connectivity index (χ2v) is 9.35. The summed E-state index contributed by atoms with van der Waals surface area (Å²) in [6.07, 6.45) is 0. The number of nitrogens with zero attached hydrogens (tertiary/aromatic N) is 3. The van der Waals surface area contributed by atoms with Gasteiger partial charge in [-0.1, -0.05) is 26.8 Å². The number of carbonyl (C=O) groups excluding carboxylic acids is 1. The molecule has 166 valence electrons. The van der Waals surface area contributed by atoms with Crippen molar-refractivity contribution in [3.05, 3.63) is 46.9 Å². The predicted molar refractivity (Wildman–Crippen MR) is 123 cm³/mol. The number of aromatic nitrogens is 2. The summed E-state index contributed by atoms with van der Waals surface area (Å²) in [7, 11) is 3.28. The Balaban J connectivity index is 1.91. The lowest BCUT2D eigenvalue weighted by molar-refractivity contribution is 0.0824. The highest BCUT2D eigenvalue weighted by atomic mass is 32.1. The van der Waals surface area contributed by atoms with Gasteiger partial charge in [0.15, 0.2) is 17.4 Å². The Kier molecular flexibility index (Phi) is 6.26. The van der Waals surface area contributed by atoms with Gasteiger partial charge in [0.05, 0.1) is 29.0 Å². The molecule has 0 saturated carbocycles. The number of carbonyl (C=O) groups is 1. The molecule has 0 aliphatic rings. The molecule has 0 bridgehead atoms. The third-order valence-corrected chi connectivity index (χ3v) is 5.56. The van der Waals surface area contributed by atoms with Gasteiger partial charge in [-0.05, 0) is 43.0 Å². The minimum Gasteiger partial charge on any atom is -0.505 e. The van der Waals surface area contributed by atoms with Crippen LogP contribution >= 0.6 is 11.7 Å². The van der Waals surface area contributed by atoms with E-state index in [1.54, 1.807) is 32.3 Å². The Bertz CT molecular complexity index is 1060. The highest BCUT2D eigenvalue weighted by molar-refractivity contribution is 6.99. The first-order chi connectivity index (χ1) is 14.5. The van der Waals surface area contributed by atoms with Gasteiger partial charge in [0.1, 0.15) is 11.5 Å². The Morgan fingerprint density at radius 3 is 2.45 bits per heavy atom. The summed E-state index contributed by atoms with van der Waals surface area (Å²) in [5, 5.41) is 17.2. The summed E-state index contributed by atoms with van der Waals surface area (Å²) < 4.78 is 14.7. The number of anilines is 3. The predicted octanol–water partition coefficient (Wildman–Crippen LogP) is 5.10. The molecule has 9 heteroatoms. The van der Waals surface area contributed by atoms with E-state index < -0.39 is 0 Å². The van der Waals surface area contributed by atoms with Crippen molar-refractivity contribution in [1.82, 2.24) is 13.6 Å². The van der Waals surface area contributed by atoms with Crippen molar-refractivity contribution in [2.45, 2.75) is 40.7 Å². The van der Waals surface area contributed by atoms with Gasteiger partial charge < -0.3 is 25.1 Å². The first-order valence-corrected chi connectivity index (χ1v) is 10.7. The van der Waals surface area contributed by atoms with Gasteiger partial charge in [-0.25, -0.2) is 0 Å². The molecule has 31 heavy (non-hydrogen) atoms. The molecule has 8 nitrogen and oxygen atoms in total. The number of nitrogens with one attached hydrogen (secondary N) is 2. The minimum atomic E-state index is -0.285. The number of phenolic OH excluding ortho intramolecular Hbond substituents is 1. The molecular weight excluding hydrogens is 414 g/mol. The van der Waals surface area contributed by atoms with E-state index in [0.717, 1.165) is 28.8 Å². The maximum Gasteiger partial charge on any atom is 0.257 e. The highest BCUT2D eigenvalue weighted by Crippen LogP contribution is 2.39. The normalized spacial score (nSPS) is 12.5. The van der Waals surface area contributed by atoms with Crippen molar-refractivity contribution >= 4 is 35.0 Å². The van der Waals surface area contributed by atoms with Crippen LogP contribution in [-0.2, 0) is 0 Å². The molecule has 0 unspecified atom stereocenters. The second kappa shape index (κ2) is 8.58. The van der Waals surface area contributed by atoms with E-state index in [9.17, 15) is 9.90 Å². The van der Waals surface area contributed by atoms with E-state index in [4.69, 9.17) is 4.42 Å².